The van der Waals surface area contributed by atoms with Crippen LogP contribution in [-0.2, 0) is 6.54 Å². The zero-order chi connectivity index (χ0) is 18.2. The number of piperazine rings is 1. The molecule has 6 heteroatoms. The number of hydrogen-bond acceptors (Lipinski definition) is 3. The van der Waals surface area contributed by atoms with Crippen molar-refractivity contribution in [2.24, 2.45) is 4.99 Å². The van der Waals surface area contributed by atoms with Crippen molar-refractivity contribution in [3.8, 4) is 0 Å². The third-order valence-corrected chi connectivity index (χ3v) is 4.94. The van der Waals surface area contributed by atoms with E-state index in [2.05, 4.69) is 38.9 Å². The Kier molecular flexibility index (Phi) is 7.65. The summed E-state index contributed by atoms with van der Waals surface area (Å²) in [7, 11) is 3.80. The standard InChI is InChI=1S/C19H32FN5/c1-5-24-10-12-25(13-11-24)16(2)14-22-19(21-3)23(4)15-17-6-8-18(20)9-7-17/h6-9,16H,5,10-15H2,1-4H3,(H,21,22). The Balaban J connectivity index is 1.80. The van der Waals surface area contributed by atoms with Gasteiger partial charge in [-0.05, 0) is 31.2 Å². The maximum Gasteiger partial charge on any atom is 0.193 e. The SMILES string of the molecule is CCN1CCN(C(C)CNC(=NC)N(C)Cc2ccc(F)cc2)CC1. The van der Waals surface area contributed by atoms with Crippen LogP contribution < -0.4 is 5.32 Å². The van der Waals surface area contributed by atoms with Crippen molar-refractivity contribution in [3.05, 3.63) is 35.6 Å². The Bertz CT molecular complexity index is 537. The number of guanidine groups is 1. The van der Waals surface area contributed by atoms with E-state index in [0.717, 1.165) is 50.8 Å². The number of likely N-dealkylation sites (N-methyl/N-ethyl adjacent to an activating group) is 1. The minimum Gasteiger partial charge on any atom is -0.355 e. The summed E-state index contributed by atoms with van der Waals surface area (Å²) < 4.78 is 13.0. The number of halogens is 1. The van der Waals surface area contributed by atoms with Gasteiger partial charge in [0.2, 0.25) is 0 Å². The second kappa shape index (κ2) is 9.73. The van der Waals surface area contributed by atoms with Crippen molar-refractivity contribution in [3.63, 3.8) is 0 Å². The topological polar surface area (TPSA) is 34.1 Å². The first-order chi connectivity index (χ1) is 12.0. The summed E-state index contributed by atoms with van der Waals surface area (Å²) in [6.45, 7) is 11.8. The molecule has 1 aromatic rings. The highest BCUT2D eigenvalue weighted by molar-refractivity contribution is 5.79. The molecule has 0 radical (unpaired) electrons. The van der Waals surface area contributed by atoms with Gasteiger partial charge in [0.25, 0.3) is 0 Å². The average molecular weight is 349 g/mol. The van der Waals surface area contributed by atoms with Crippen LogP contribution in [0, 0.1) is 5.82 Å². The van der Waals surface area contributed by atoms with Crippen molar-refractivity contribution < 1.29 is 4.39 Å². The molecule has 1 saturated heterocycles. The molecule has 140 valence electrons. The minimum absolute atomic E-state index is 0.203. The zero-order valence-corrected chi connectivity index (χ0v) is 16.0. The van der Waals surface area contributed by atoms with Crippen molar-refractivity contribution in [1.29, 1.82) is 0 Å². The van der Waals surface area contributed by atoms with Crippen LogP contribution in [0.5, 0.6) is 0 Å². The van der Waals surface area contributed by atoms with Crippen LogP contribution in [0.2, 0.25) is 0 Å². The van der Waals surface area contributed by atoms with Gasteiger partial charge in [-0.1, -0.05) is 19.1 Å². The summed E-state index contributed by atoms with van der Waals surface area (Å²) in [5.74, 6) is 0.661. The van der Waals surface area contributed by atoms with Crippen LogP contribution >= 0.6 is 0 Å². The van der Waals surface area contributed by atoms with Gasteiger partial charge in [0, 0.05) is 59.4 Å². The summed E-state index contributed by atoms with van der Waals surface area (Å²) >= 11 is 0. The molecular formula is C19H32FN5. The van der Waals surface area contributed by atoms with Crippen molar-refractivity contribution in [1.82, 2.24) is 20.0 Å². The monoisotopic (exact) mass is 349 g/mol. The Morgan fingerprint density at radius 3 is 2.44 bits per heavy atom. The smallest absolute Gasteiger partial charge is 0.193 e. The Morgan fingerprint density at radius 1 is 1.24 bits per heavy atom. The summed E-state index contributed by atoms with van der Waals surface area (Å²) in [6.07, 6.45) is 0. The van der Waals surface area contributed by atoms with Crippen LogP contribution in [0.25, 0.3) is 0 Å². The molecule has 1 aliphatic heterocycles. The summed E-state index contributed by atoms with van der Waals surface area (Å²) in [6, 6.07) is 7.09. The first kappa shape index (κ1) is 19.7. The van der Waals surface area contributed by atoms with Gasteiger partial charge in [0.05, 0.1) is 0 Å². The number of nitrogens with one attached hydrogen (secondary N) is 1. The van der Waals surface area contributed by atoms with E-state index >= 15 is 0 Å². The Labute approximate surface area is 151 Å². The van der Waals surface area contributed by atoms with E-state index in [1.165, 1.54) is 12.1 Å². The van der Waals surface area contributed by atoms with Gasteiger partial charge in [0.1, 0.15) is 5.82 Å². The lowest BCUT2D eigenvalue weighted by Gasteiger charge is -2.38. The molecule has 2 rings (SSSR count). The fraction of sp³-hybridized carbons (Fsp3) is 0.632. The van der Waals surface area contributed by atoms with Crippen LogP contribution in [-0.4, -0.2) is 80.1 Å². The molecule has 0 amide bonds. The minimum atomic E-state index is -0.203. The Hall–Kier alpha value is -1.66. The second-order valence-corrected chi connectivity index (χ2v) is 6.73. The van der Waals surface area contributed by atoms with E-state index in [4.69, 9.17) is 0 Å². The highest BCUT2D eigenvalue weighted by Gasteiger charge is 2.20. The number of aliphatic imine (C=N–C) groups is 1. The lowest BCUT2D eigenvalue weighted by Crippen LogP contribution is -2.53. The normalized spacial score (nSPS) is 18.2. The zero-order valence-electron chi connectivity index (χ0n) is 16.0. The molecule has 1 atom stereocenters. The van der Waals surface area contributed by atoms with Gasteiger partial charge >= 0.3 is 0 Å². The van der Waals surface area contributed by atoms with Crippen LogP contribution in [0.3, 0.4) is 0 Å². The van der Waals surface area contributed by atoms with Gasteiger partial charge in [-0.2, -0.15) is 0 Å². The van der Waals surface area contributed by atoms with Crippen molar-refractivity contribution in [2.75, 3.05) is 53.4 Å². The fourth-order valence-electron chi connectivity index (χ4n) is 3.21. The third-order valence-electron chi connectivity index (χ3n) is 4.94. The number of benzene rings is 1. The lowest BCUT2D eigenvalue weighted by atomic mass is 10.2. The molecule has 1 unspecified atom stereocenters. The molecule has 0 aromatic heterocycles. The molecule has 1 N–H and O–H groups in total. The summed E-state index contributed by atoms with van der Waals surface area (Å²) in [4.78, 5) is 11.5. The molecule has 0 spiro atoms. The van der Waals surface area contributed by atoms with Gasteiger partial charge in [-0.3, -0.25) is 9.89 Å². The molecule has 0 aliphatic carbocycles. The van der Waals surface area contributed by atoms with Crippen molar-refractivity contribution >= 4 is 5.96 Å². The van der Waals surface area contributed by atoms with E-state index in [9.17, 15) is 4.39 Å². The van der Waals surface area contributed by atoms with E-state index in [0.29, 0.717) is 12.6 Å². The summed E-state index contributed by atoms with van der Waals surface area (Å²) in [5.41, 5.74) is 1.07. The quantitative estimate of drug-likeness (QED) is 0.628. The molecule has 0 bridgehead atoms. The van der Waals surface area contributed by atoms with Crippen molar-refractivity contribution in [2.45, 2.75) is 26.4 Å². The molecule has 0 saturated carbocycles. The van der Waals surface area contributed by atoms with Gasteiger partial charge in [-0.25, -0.2) is 4.39 Å². The van der Waals surface area contributed by atoms with Crippen LogP contribution in [0.4, 0.5) is 4.39 Å². The van der Waals surface area contributed by atoms with Crippen LogP contribution in [0.1, 0.15) is 19.4 Å². The molecule has 1 aromatic carbocycles. The predicted molar refractivity (Wildman–Crippen MR) is 102 cm³/mol. The molecule has 25 heavy (non-hydrogen) atoms. The number of nitrogens with zero attached hydrogens (tertiary/aromatic N) is 4. The first-order valence-corrected chi connectivity index (χ1v) is 9.16. The van der Waals surface area contributed by atoms with E-state index in [1.54, 1.807) is 7.05 Å². The van der Waals surface area contributed by atoms with Gasteiger partial charge in [-0.15, -0.1) is 0 Å². The molecular weight excluding hydrogens is 317 g/mol. The molecule has 1 heterocycles. The predicted octanol–water partition coefficient (Wildman–Crippen LogP) is 1.86. The first-order valence-electron chi connectivity index (χ1n) is 9.16. The average Bonchev–Trinajstić information content (AvgIpc) is 2.64. The highest BCUT2D eigenvalue weighted by Crippen LogP contribution is 2.07. The van der Waals surface area contributed by atoms with E-state index < -0.39 is 0 Å². The largest absolute Gasteiger partial charge is 0.355 e. The lowest BCUT2D eigenvalue weighted by molar-refractivity contribution is 0.107. The maximum atomic E-state index is 13.0. The molecule has 1 fully saturated rings. The van der Waals surface area contributed by atoms with Gasteiger partial charge < -0.3 is 15.1 Å². The molecule has 5 nitrogen and oxygen atoms in total. The fourth-order valence-corrected chi connectivity index (χ4v) is 3.21. The number of rotatable bonds is 6. The Morgan fingerprint density at radius 2 is 1.88 bits per heavy atom. The van der Waals surface area contributed by atoms with Gasteiger partial charge in [0.15, 0.2) is 5.96 Å². The molecule has 1 aliphatic rings. The third kappa shape index (κ3) is 5.97. The van der Waals surface area contributed by atoms with E-state index in [1.807, 2.05) is 19.2 Å². The maximum absolute atomic E-state index is 13.0. The number of hydrogen-bond donors (Lipinski definition) is 1. The summed E-state index contributed by atoms with van der Waals surface area (Å²) in [5, 5.41) is 3.47. The highest BCUT2D eigenvalue weighted by atomic mass is 19.1. The second-order valence-electron chi connectivity index (χ2n) is 6.73. The van der Waals surface area contributed by atoms with E-state index in [-0.39, 0.29) is 5.82 Å². The van der Waals surface area contributed by atoms with Crippen LogP contribution in [0.15, 0.2) is 29.3 Å².